The summed E-state index contributed by atoms with van der Waals surface area (Å²) in [4.78, 5) is 9.39. The highest BCUT2D eigenvalue weighted by molar-refractivity contribution is 6.09. The second-order valence-corrected chi connectivity index (χ2v) is 8.11. The summed E-state index contributed by atoms with van der Waals surface area (Å²) in [5.41, 5.74) is 8.43. The van der Waals surface area contributed by atoms with Gasteiger partial charge in [0.1, 0.15) is 5.52 Å². The van der Waals surface area contributed by atoms with Crippen LogP contribution in [0.5, 0.6) is 0 Å². The van der Waals surface area contributed by atoms with E-state index < -0.39 is 0 Å². The molecule has 0 atom stereocenters. The minimum Gasteiger partial charge on any atom is -0.462 e. The lowest BCUT2D eigenvalue weighted by atomic mass is 9.97. The Balaban J connectivity index is 1.56. The molecule has 31 heavy (non-hydrogen) atoms. The number of nitrogens with zero attached hydrogens (tertiary/aromatic N) is 2. The third-order valence-electron chi connectivity index (χ3n) is 5.99. The molecule has 0 aliphatic heterocycles. The molecule has 0 N–H and O–H groups in total. The van der Waals surface area contributed by atoms with E-state index in [0.29, 0.717) is 0 Å². The van der Waals surface area contributed by atoms with Crippen molar-refractivity contribution < 1.29 is 4.42 Å². The molecule has 0 saturated carbocycles. The first-order valence-electron chi connectivity index (χ1n) is 10.4. The van der Waals surface area contributed by atoms with Crippen molar-refractivity contribution in [1.29, 1.82) is 0 Å². The first kappa shape index (κ1) is 17.8. The highest BCUT2D eigenvalue weighted by atomic mass is 16.3. The molecule has 3 heteroatoms. The van der Waals surface area contributed by atoms with E-state index in [2.05, 4.69) is 79.5 Å². The molecule has 0 bridgehead atoms. The Morgan fingerprint density at radius 1 is 0.742 bits per heavy atom. The zero-order valence-electron chi connectivity index (χ0n) is 17.4. The van der Waals surface area contributed by atoms with Gasteiger partial charge in [-0.3, -0.25) is 9.97 Å². The molecule has 0 saturated heterocycles. The minimum atomic E-state index is 0.819. The molecule has 6 rings (SSSR count). The van der Waals surface area contributed by atoms with Crippen molar-refractivity contribution in [2.45, 2.75) is 13.8 Å². The van der Waals surface area contributed by atoms with E-state index in [1.807, 2.05) is 18.5 Å². The van der Waals surface area contributed by atoms with E-state index in [9.17, 15) is 0 Å². The summed E-state index contributed by atoms with van der Waals surface area (Å²) >= 11 is 0. The summed E-state index contributed by atoms with van der Waals surface area (Å²) in [6.07, 6.45) is 5.49. The van der Waals surface area contributed by atoms with E-state index in [1.165, 1.54) is 21.9 Å². The van der Waals surface area contributed by atoms with Crippen LogP contribution in [0.2, 0.25) is 0 Å². The molecular formula is C28H20N2O. The number of hydrogen-bond acceptors (Lipinski definition) is 3. The number of aryl methyl sites for hydroxylation is 2. The standard InChI is InChI=1S/C28H20N2O/c1-17-12-25-24(14-22-9-11-31-28(22)27(25)30-16-17)26-15-20(8-10-29-26)19-6-7-23-18(2)4-3-5-21(23)13-19/h3-16H,1-2H3. The van der Waals surface area contributed by atoms with Crippen LogP contribution in [0, 0.1) is 13.8 Å². The monoisotopic (exact) mass is 400 g/mol. The van der Waals surface area contributed by atoms with Crippen LogP contribution in [0.15, 0.2) is 89.8 Å². The predicted molar refractivity (Wildman–Crippen MR) is 127 cm³/mol. The predicted octanol–water partition coefficient (Wildman–Crippen LogP) is 7.48. The van der Waals surface area contributed by atoms with Gasteiger partial charge >= 0.3 is 0 Å². The van der Waals surface area contributed by atoms with Gasteiger partial charge in [0.05, 0.1) is 12.0 Å². The van der Waals surface area contributed by atoms with Crippen LogP contribution < -0.4 is 0 Å². The van der Waals surface area contributed by atoms with Crippen molar-refractivity contribution in [2.24, 2.45) is 0 Å². The molecule has 0 aliphatic carbocycles. The second-order valence-electron chi connectivity index (χ2n) is 8.11. The van der Waals surface area contributed by atoms with Crippen LogP contribution in [-0.2, 0) is 0 Å². The molecule has 0 aliphatic rings. The van der Waals surface area contributed by atoms with Crippen LogP contribution >= 0.6 is 0 Å². The van der Waals surface area contributed by atoms with Gasteiger partial charge in [-0.25, -0.2) is 0 Å². The molecule has 3 nitrogen and oxygen atoms in total. The maximum absolute atomic E-state index is 5.72. The third-order valence-corrected chi connectivity index (χ3v) is 5.99. The van der Waals surface area contributed by atoms with Gasteiger partial charge in [-0.15, -0.1) is 0 Å². The molecule has 0 radical (unpaired) electrons. The number of benzene rings is 3. The molecule has 6 aromatic rings. The maximum atomic E-state index is 5.72. The summed E-state index contributed by atoms with van der Waals surface area (Å²) in [5, 5.41) is 4.63. The number of hydrogen-bond donors (Lipinski definition) is 0. The fraction of sp³-hybridized carbons (Fsp3) is 0.0714. The molecule has 3 heterocycles. The van der Waals surface area contributed by atoms with Gasteiger partial charge < -0.3 is 4.42 Å². The van der Waals surface area contributed by atoms with Gasteiger partial charge in [0.25, 0.3) is 0 Å². The molecule has 0 amide bonds. The largest absolute Gasteiger partial charge is 0.462 e. The van der Waals surface area contributed by atoms with Crippen molar-refractivity contribution in [3.05, 3.63) is 96.5 Å². The summed E-state index contributed by atoms with van der Waals surface area (Å²) in [6.45, 7) is 4.21. The van der Waals surface area contributed by atoms with Crippen molar-refractivity contribution in [1.82, 2.24) is 9.97 Å². The SMILES string of the molecule is Cc1cnc2c(c1)c(-c1cc(-c3ccc4c(C)cccc4c3)ccn1)cc1ccoc12. The number of fused-ring (bicyclic) bond motifs is 4. The fourth-order valence-electron chi connectivity index (χ4n) is 4.41. The summed E-state index contributed by atoms with van der Waals surface area (Å²) in [5.74, 6) is 0. The van der Waals surface area contributed by atoms with Gasteiger partial charge in [0.2, 0.25) is 0 Å². The highest BCUT2D eigenvalue weighted by Crippen LogP contribution is 2.35. The van der Waals surface area contributed by atoms with Crippen LogP contribution in [0.3, 0.4) is 0 Å². The Bertz CT molecular complexity index is 1610. The number of pyridine rings is 2. The zero-order chi connectivity index (χ0) is 20.9. The summed E-state index contributed by atoms with van der Waals surface area (Å²) in [6, 6.07) is 23.6. The Kier molecular flexibility index (Phi) is 3.90. The van der Waals surface area contributed by atoms with E-state index in [1.54, 1.807) is 6.26 Å². The van der Waals surface area contributed by atoms with Crippen LogP contribution in [-0.4, -0.2) is 9.97 Å². The van der Waals surface area contributed by atoms with Gasteiger partial charge in [0, 0.05) is 28.7 Å². The van der Waals surface area contributed by atoms with E-state index in [4.69, 9.17) is 9.40 Å². The lowest BCUT2D eigenvalue weighted by Gasteiger charge is -2.10. The molecular weight excluding hydrogens is 380 g/mol. The molecule has 3 aromatic heterocycles. The molecule has 0 fully saturated rings. The average Bonchev–Trinajstić information content (AvgIpc) is 3.27. The van der Waals surface area contributed by atoms with Crippen molar-refractivity contribution in [3.63, 3.8) is 0 Å². The number of rotatable bonds is 2. The average molecular weight is 400 g/mol. The zero-order valence-corrected chi connectivity index (χ0v) is 17.4. The molecule has 0 spiro atoms. The van der Waals surface area contributed by atoms with E-state index in [-0.39, 0.29) is 0 Å². The second kappa shape index (κ2) is 6.78. The third kappa shape index (κ3) is 2.89. The Morgan fingerprint density at radius 2 is 1.65 bits per heavy atom. The maximum Gasteiger partial charge on any atom is 0.160 e. The number of aromatic nitrogens is 2. The van der Waals surface area contributed by atoms with E-state index in [0.717, 1.165) is 44.3 Å². The van der Waals surface area contributed by atoms with Gasteiger partial charge in [-0.05, 0) is 83.3 Å². The topological polar surface area (TPSA) is 38.9 Å². The van der Waals surface area contributed by atoms with E-state index >= 15 is 0 Å². The van der Waals surface area contributed by atoms with Crippen molar-refractivity contribution in [2.75, 3.05) is 0 Å². The number of furan rings is 1. The molecule has 148 valence electrons. The smallest absolute Gasteiger partial charge is 0.160 e. The Morgan fingerprint density at radius 3 is 2.58 bits per heavy atom. The van der Waals surface area contributed by atoms with Gasteiger partial charge in [-0.1, -0.05) is 30.3 Å². The van der Waals surface area contributed by atoms with Gasteiger partial charge in [-0.2, -0.15) is 0 Å². The Labute approximate surface area is 180 Å². The molecule has 3 aromatic carbocycles. The lowest BCUT2D eigenvalue weighted by molar-refractivity contribution is 0.618. The van der Waals surface area contributed by atoms with Crippen molar-refractivity contribution >= 4 is 32.6 Å². The molecule has 0 unspecified atom stereocenters. The lowest BCUT2D eigenvalue weighted by Crippen LogP contribution is -1.90. The normalized spacial score (nSPS) is 11.5. The van der Waals surface area contributed by atoms with Crippen LogP contribution in [0.1, 0.15) is 11.1 Å². The Hall–Kier alpha value is -3.98. The van der Waals surface area contributed by atoms with Crippen molar-refractivity contribution in [3.8, 4) is 22.4 Å². The first-order valence-corrected chi connectivity index (χ1v) is 10.4. The highest BCUT2D eigenvalue weighted by Gasteiger charge is 2.14. The minimum absolute atomic E-state index is 0.819. The van der Waals surface area contributed by atoms with Crippen LogP contribution in [0.25, 0.3) is 55.0 Å². The van der Waals surface area contributed by atoms with Crippen LogP contribution in [0.4, 0.5) is 0 Å². The first-order chi connectivity index (χ1) is 15.2. The van der Waals surface area contributed by atoms with Gasteiger partial charge in [0.15, 0.2) is 5.58 Å². The fourth-order valence-corrected chi connectivity index (χ4v) is 4.41. The quantitative estimate of drug-likeness (QED) is 0.302. The summed E-state index contributed by atoms with van der Waals surface area (Å²) in [7, 11) is 0. The summed E-state index contributed by atoms with van der Waals surface area (Å²) < 4.78 is 5.72.